The molecule has 0 radical (unpaired) electrons. The molecule has 0 saturated carbocycles. The Bertz CT molecular complexity index is 307. The van der Waals surface area contributed by atoms with Crippen LogP contribution in [0, 0.1) is 18.7 Å². The molecule has 0 fully saturated rings. The fourth-order valence-electron chi connectivity index (χ4n) is 1.92. The fourth-order valence-corrected chi connectivity index (χ4v) is 2.54. The topological polar surface area (TPSA) is 12.9 Å². The number of pyridine rings is 1. The molecule has 0 N–H and O–H groups in total. The number of aromatic nitrogens is 1. The lowest BCUT2D eigenvalue weighted by atomic mass is 10.1. The zero-order valence-electron chi connectivity index (χ0n) is 7.48. The molecule has 0 aliphatic heterocycles. The molecule has 1 aliphatic carbocycles. The van der Waals surface area contributed by atoms with Crippen molar-refractivity contribution >= 4 is 22.6 Å². The van der Waals surface area contributed by atoms with E-state index in [1.807, 2.05) is 6.92 Å². The largest absolute Gasteiger partial charge is 0.258 e. The van der Waals surface area contributed by atoms with E-state index in [1.165, 1.54) is 6.20 Å². The van der Waals surface area contributed by atoms with E-state index in [1.54, 1.807) is 0 Å². The van der Waals surface area contributed by atoms with E-state index in [-0.39, 0.29) is 5.82 Å². The lowest BCUT2D eigenvalue weighted by Crippen LogP contribution is -1.99. The highest BCUT2D eigenvalue weighted by Crippen LogP contribution is 2.30. The van der Waals surface area contributed by atoms with Crippen molar-refractivity contribution in [3.05, 3.63) is 28.8 Å². The van der Waals surface area contributed by atoms with E-state index in [2.05, 4.69) is 27.6 Å². The minimum atomic E-state index is -0.118. The Hall–Kier alpha value is -0.190. The average molecular weight is 291 g/mol. The van der Waals surface area contributed by atoms with E-state index >= 15 is 0 Å². The summed E-state index contributed by atoms with van der Waals surface area (Å²) in [6.45, 7) is 1.97. The summed E-state index contributed by atoms with van der Waals surface area (Å²) in [5.74, 6) is 0.501. The molecular weight excluding hydrogens is 280 g/mol. The first kappa shape index (κ1) is 9.37. The third kappa shape index (κ3) is 1.58. The van der Waals surface area contributed by atoms with Gasteiger partial charge in [-0.2, -0.15) is 0 Å². The zero-order chi connectivity index (χ0) is 9.42. The summed E-state index contributed by atoms with van der Waals surface area (Å²) in [6, 6.07) is 0. The van der Waals surface area contributed by atoms with Crippen molar-refractivity contribution in [3.63, 3.8) is 0 Å². The van der Waals surface area contributed by atoms with Crippen LogP contribution >= 0.6 is 22.6 Å². The monoisotopic (exact) mass is 291 g/mol. The second kappa shape index (κ2) is 3.52. The molecule has 0 amide bonds. The Kier molecular flexibility index (Phi) is 2.53. The molecule has 0 spiro atoms. The van der Waals surface area contributed by atoms with Crippen molar-refractivity contribution in [1.82, 2.24) is 4.98 Å². The van der Waals surface area contributed by atoms with Crippen LogP contribution in [-0.4, -0.2) is 9.41 Å². The highest BCUT2D eigenvalue weighted by atomic mass is 127. The molecule has 1 nitrogen and oxygen atoms in total. The minimum Gasteiger partial charge on any atom is -0.258 e. The van der Waals surface area contributed by atoms with Crippen LogP contribution in [0.2, 0.25) is 0 Å². The van der Waals surface area contributed by atoms with Gasteiger partial charge >= 0.3 is 0 Å². The molecule has 3 heteroatoms. The van der Waals surface area contributed by atoms with Crippen LogP contribution in [0.25, 0.3) is 0 Å². The summed E-state index contributed by atoms with van der Waals surface area (Å²) in [4.78, 5) is 4.04. The standard InChI is InChI=1S/C10H11FIN/c1-6-8-2-7(4-12)3-9(8)10(11)5-13-6/h5,7H,2-4H2,1H3. The summed E-state index contributed by atoms with van der Waals surface area (Å²) in [5, 5.41) is 0. The Morgan fingerprint density at radius 1 is 1.54 bits per heavy atom. The maximum atomic E-state index is 13.3. The predicted molar refractivity (Wildman–Crippen MR) is 58.7 cm³/mol. The van der Waals surface area contributed by atoms with Crippen molar-refractivity contribution in [2.45, 2.75) is 19.8 Å². The van der Waals surface area contributed by atoms with Gasteiger partial charge in [-0.3, -0.25) is 4.98 Å². The molecule has 1 unspecified atom stereocenters. The molecule has 70 valence electrons. The molecular formula is C10H11FIN. The molecule has 1 heterocycles. The van der Waals surface area contributed by atoms with Crippen LogP contribution in [0.1, 0.15) is 16.8 Å². The van der Waals surface area contributed by atoms with Gasteiger partial charge in [-0.1, -0.05) is 22.6 Å². The Morgan fingerprint density at radius 3 is 2.85 bits per heavy atom. The van der Waals surface area contributed by atoms with Crippen LogP contribution in [0.15, 0.2) is 6.20 Å². The first-order valence-corrected chi connectivity index (χ1v) is 5.93. The quantitative estimate of drug-likeness (QED) is 0.572. The highest BCUT2D eigenvalue weighted by molar-refractivity contribution is 14.1. The molecule has 1 aromatic heterocycles. The third-order valence-electron chi connectivity index (χ3n) is 2.66. The highest BCUT2D eigenvalue weighted by Gasteiger charge is 2.25. The van der Waals surface area contributed by atoms with Crippen molar-refractivity contribution in [2.24, 2.45) is 5.92 Å². The Morgan fingerprint density at radius 2 is 2.23 bits per heavy atom. The van der Waals surface area contributed by atoms with E-state index in [0.717, 1.165) is 34.1 Å². The molecule has 1 aliphatic rings. The Balaban J connectivity index is 2.43. The average Bonchev–Trinajstić information content (AvgIpc) is 2.56. The SMILES string of the molecule is Cc1ncc(F)c2c1CC(CI)C2. The van der Waals surface area contributed by atoms with Crippen molar-refractivity contribution in [2.75, 3.05) is 4.43 Å². The molecule has 1 aromatic rings. The molecule has 1 atom stereocenters. The number of halogens is 2. The van der Waals surface area contributed by atoms with Gasteiger partial charge in [0.25, 0.3) is 0 Å². The number of rotatable bonds is 1. The first-order chi connectivity index (χ1) is 6.22. The van der Waals surface area contributed by atoms with Crippen molar-refractivity contribution in [1.29, 1.82) is 0 Å². The number of aryl methyl sites for hydroxylation is 1. The predicted octanol–water partition coefficient (Wildman–Crippen LogP) is 2.68. The maximum absolute atomic E-state index is 13.3. The van der Waals surface area contributed by atoms with Crippen molar-refractivity contribution < 1.29 is 4.39 Å². The summed E-state index contributed by atoms with van der Waals surface area (Å²) >= 11 is 2.37. The number of hydrogen-bond acceptors (Lipinski definition) is 1. The molecule has 13 heavy (non-hydrogen) atoms. The summed E-state index contributed by atoms with van der Waals surface area (Å²) in [6.07, 6.45) is 3.26. The van der Waals surface area contributed by atoms with Gasteiger partial charge < -0.3 is 0 Å². The Labute approximate surface area is 90.9 Å². The second-order valence-electron chi connectivity index (χ2n) is 3.58. The van der Waals surface area contributed by atoms with Gasteiger partial charge in [-0.15, -0.1) is 0 Å². The van der Waals surface area contributed by atoms with Gasteiger partial charge in [0.05, 0.1) is 6.20 Å². The van der Waals surface area contributed by atoms with Gasteiger partial charge in [0.15, 0.2) is 0 Å². The zero-order valence-corrected chi connectivity index (χ0v) is 9.64. The van der Waals surface area contributed by atoms with Crippen molar-refractivity contribution in [3.8, 4) is 0 Å². The maximum Gasteiger partial charge on any atom is 0.144 e. The van der Waals surface area contributed by atoms with Gasteiger partial charge in [-0.25, -0.2) is 4.39 Å². The number of nitrogens with zero attached hydrogens (tertiary/aromatic N) is 1. The molecule has 0 aromatic carbocycles. The smallest absolute Gasteiger partial charge is 0.144 e. The molecule has 0 saturated heterocycles. The van der Waals surface area contributed by atoms with E-state index < -0.39 is 0 Å². The summed E-state index contributed by atoms with van der Waals surface area (Å²) in [5.41, 5.74) is 3.07. The van der Waals surface area contributed by atoms with Crippen LogP contribution < -0.4 is 0 Å². The van der Waals surface area contributed by atoms with E-state index in [4.69, 9.17) is 0 Å². The van der Waals surface area contributed by atoms with E-state index in [0.29, 0.717) is 5.92 Å². The normalized spacial score (nSPS) is 20.4. The van der Waals surface area contributed by atoms with Gasteiger partial charge in [0.1, 0.15) is 5.82 Å². The van der Waals surface area contributed by atoms with Gasteiger partial charge in [0.2, 0.25) is 0 Å². The molecule has 2 rings (SSSR count). The summed E-state index contributed by atoms with van der Waals surface area (Å²) in [7, 11) is 0. The molecule has 0 bridgehead atoms. The van der Waals surface area contributed by atoms with Gasteiger partial charge in [-0.05, 0) is 36.8 Å². The third-order valence-corrected chi connectivity index (χ3v) is 3.91. The van der Waals surface area contributed by atoms with Crippen LogP contribution in [0.5, 0.6) is 0 Å². The first-order valence-electron chi connectivity index (χ1n) is 4.41. The fraction of sp³-hybridized carbons (Fsp3) is 0.500. The van der Waals surface area contributed by atoms with Gasteiger partial charge in [0, 0.05) is 10.1 Å². The lowest BCUT2D eigenvalue weighted by Gasteiger charge is -2.02. The van der Waals surface area contributed by atoms with Crippen LogP contribution in [0.3, 0.4) is 0 Å². The minimum absolute atomic E-state index is 0.118. The number of alkyl halides is 1. The van der Waals surface area contributed by atoms with Crippen LogP contribution in [0.4, 0.5) is 4.39 Å². The summed E-state index contributed by atoms with van der Waals surface area (Å²) < 4.78 is 14.4. The van der Waals surface area contributed by atoms with Crippen LogP contribution in [-0.2, 0) is 12.8 Å². The number of hydrogen-bond donors (Lipinski definition) is 0. The number of fused-ring (bicyclic) bond motifs is 1. The second-order valence-corrected chi connectivity index (χ2v) is 4.46. The van der Waals surface area contributed by atoms with E-state index in [9.17, 15) is 4.39 Å². The lowest BCUT2D eigenvalue weighted by molar-refractivity contribution is 0.590.